The van der Waals surface area contributed by atoms with Gasteiger partial charge in [-0.15, -0.1) is 0 Å². The van der Waals surface area contributed by atoms with Crippen LogP contribution in [-0.2, 0) is 0 Å². The van der Waals surface area contributed by atoms with Crippen molar-refractivity contribution in [3.8, 4) is 0 Å². The van der Waals surface area contributed by atoms with Gasteiger partial charge in [-0.1, -0.05) is 33.6 Å². The molecule has 0 aliphatic carbocycles. The van der Waals surface area contributed by atoms with E-state index < -0.39 is 0 Å². The number of hydrogen-bond donors (Lipinski definition) is 1. The molecule has 1 unspecified atom stereocenters. The Labute approximate surface area is 100 Å². The maximum Gasteiger partial charge on any atom is 0.0811 e. The number of anilines is 1. The molecule has 0 heterocycles. The van der Waals surface area contributed by atoms with E-state index in [1.54, 1.807) is 0 Å². The third-order valence-electron chi connectivity index (χ3n) is 2.39. The quantitative estimate of drug-likeness (QED) is 0.833. The lowest BCUT2D eigenvalue weighted by molar-refractivity contribution is 0.206. The molecule has 0 saturated carbocycles. The molecule has 0 amide bonds. The van der Waals surface area contributed by atoms with Crippen molar-refractivity contribution < 1.29 is 5.11 Å². The molecule has 0 radical (unpaired) electrons. The Kier molecular flexibility index (Phi) is 5.12. The molecule has 0 spiro atoms. The number of benzene rings is 1. The summed E-state index contributed by atoms with van der Waals surface area (Å²) >= 11 is 3.28. The molecular weight excluding hydrogens is 254 g/mol. The minimum Gasteiger partial charge on any atom is -0.390 e. The second-order valence-electron chi connectivity index (χ2n) is 3.68. The second-order valence-corrected chi connectivity index (χ2v) is 4.33. The largest absolute Gasteiger partial charge is 0.390 e. The van der Waals surface area contributed by atoms with Crippen LogP contribution in [-0.4, -0.2) is 29.6 Å². The van der Waals surface area contributed by atoms with Gasteiger partial charge in [0.1, 0.15) is 0 Å². The lowest BCUT2D eigenvalue weighted by atomic mass is 10.2. The van der Waals surface area contributed by atoms with Gasteiger partial charge in [-0.2, -0.15) is 0 Å². The van der Waals surface area contributed by atoms with Crippen molar-refractivity contribution in [2.75, 3.05) is 23.3 Å². The highest BCUT2D eigenvalue weighted by Gasteiger charge is 2.09. The number of aliphatic hydroxyl groups is 1. The van der Waals surface area contributed by atoms with Crippen molar-refractivity contribution in [1.29, 1.82) is 0 Å². The lowest BCUT2D eigenvalue weighted by Crippen LogP contribution is -2.33. The predicted octanol–water partition coefficient (Wildman–Crippen LogP) is 2.58. The molecule has 0 saturated heterocycles. The first kappa shape index (κ1) is 12.5. The summed E-state index contributed by atoms with van der Waals surface area (Å²) in [6, 6.07) is 8.39. The van der Waals surface area contributed by atoms with Gasteiger partial charge in [-0.3, -0.25) is 0 Å². The van der Waals surface area contributed by atoms with Gasteiger partial charge in [0.25, 0.3) is 0 Å². The zero-order valence-electron chi connectivity index (χ0n) is 9.28. The van der Waals surface area contributed by atoms with Gasteiger partial charge in [-0.05, 0) is 26.0 Å². The molecule has 0 fully saturated rings. The normalized spacial score (nSPS) is 12.5. The van der Waals surface area contributed by atoms with Crippen LogP contribution in [0.1, 0.15) is 12.5 Å². The number of halogens is 1. The van der Waals surface area contributed by atoms with E-state index >= 15 is 0 Å². The maximum absolute atomic E-state index is 9.59. The number of aryl methyl sites for hydroxylation is 1. The summed E-state index contributed by atoms with van der Waals surface area (Å²) in [5, 5.41) is 10.2. The molecule has 0 aromatic heterocycles. The highest BCUT2D eigenvalue weighted by atomic mass is 79.9. The summed E-state index contributed by atoms with van der Waals surface area (Å²) < 4.78 is 0. The number of nitrogens with zero attached hydrogens (tertiary/aromatic N) is 1. The Hall–Kier alpha value is -0.540. The first-order valence-electron chi connectivity index (χ1n) is 5.23. The van der Waals surface area contributed by atoms with Crippen LogP contribution in [0, 0.1) is 6.92 Å². The molecule has 0 aliphatic heterocycles. The molecule has 0 bridgehead atoms. The van der Waals surface area contributed by atoms with E-state index in [9.17, 15) is 5.11 Å². The number of rotatable bonds is 5. The second kappa shape index (κ2) is 6.13. The summed E-state index contributed by atoms with van der Waals surface area (Å²) in [6.07, 6.45) is -0.314. The third kappa shape index (κ3) is 3.84. The van der Waals surface area contributed by atoms with Crippen LogP contribution in [0.25, 0.3) is 0 Å². The topological polar surface area (TPSA) is 23.5 Å². The molecular formula is C12H18BrNO. The van der Waals surface area contributed by atoms with Crippen LogP contribution in [0.5, 0.6) is 0 Å². The zero-order chi connectivity index (χ0) is 11.3. The van der Waals surface area contributed by atoms with Crippen LogP contribution in [0.15, 0.2) is 24.3 Å². The Morgan fingerprint density at radius 2 is 1.93 bits per heavy atom. The van der Waals surface area contributed by atoms with Crippen molar-refractivity contribution in [2.24, 2.45) is 0 Å². The summed E-state index contributed by atoms with van der Waals surface area (Å²) in [4.78, 5) is 2.17. The van der Waals surface area contributed by atoms with Gasteiger partial charge < -0.3 is 10.0 Å². The SMILES string of the molecule is CCN(CC(O)CBr)c1ccc(C)cc1. The minimum absolute atomic E-state index is 0.314. The fourth-order valence-corrected chi connectivity index (χ4v) is 1.68. The first-order chi connectivity index (χ1) is 7.17. The van der Waals surface area contributed by atoms with Gasteiger partial charge in [0.15, 0.2) is 0 Å². The summed E-state index contributed by atoms with van der Waals surface area (Å²) in [7, 11) is 0. The Balaban J connectivity index is 2.69. The maximum atomic E-state index is 9.59. The molecule has 1 N–H and O–H groups in total. The van der Waals surface area contributed by atoms with Gasteiger partial charge in [0.2, 0.25) is 0 Å². The van der Waals surface area contributed by atoms with E-state index in [-0.39, 0.29) is 6.10 Å². The summed E-state index contributed by atoms with van der Waals surface area (Å²) in [5.74, 6) is 0. The van der Waals surface area contributed by atoms with Crippen LogP contribution in [0.2, 0.25) is 0 Å². The van der Waals surface area contributed by atoms with E-state index in [0.29, 0.717) is 11.9 Å². The van der Waals surface area contributed by atoms with Crippen LogP contribution in [0.4, 0.5) is 5.69 Å². The van der Waals surface area contributed by atoms with E-state index in [1.165, 1.54) is 11.3 Å². The number of likely N-dealkylation sites (N-methyl/N-ethyl adjacent to an activating group) is 1. The summed E-state index contributed by atoms with van der Waals surface area (Å²) in [6.45, 7) is 5.76. The zero-order valence-corrected chi connectivity index (χ0v) is 10.9. The first-order valence-corrected chi connectivity index (χ1v) is 6.35. The van der Waals surface area contributed by atoms with Gasteiger partial charge >= 0.3 is 0 Å². The van der Waals surface area contributed by atoms with Crippen LogP contribution >= 0.6 is 15.9 Å². The predicted molar refractivity (Wildman–Crippen MR) is 68.9 cm³/mol. The molecule has 0 aliphatic rings. The van der Waals surface area contributed by atoms with E-state index in [0.717, 1.165) is 6.54 Å². The Bertz CT molecular complexity index is 286. The minimum atomic E-state index is -0.314. The monoisotopic (exact) mass is 271 g/mol. The van der Waals surface area contributed by atoms with Gasteiger partial charge in [0, 0.05) is 24.1 Å². The van der Waals surface area contributed by atoms with Crippen molar-refractivity contribution >= 4 is 21.6 Å². The molecule has 1 aromatic carbocycles. The molecule has 3 heteroatoms. The van der Waals surface area contributed by atoms with Crippen LogP contribution in [0.3, 0.4) is 0 Å². The average Bonchev–Trinajstić information content (AvgIpc) is 2.27. The van der Waals surface area contributed by atoms with Crippen LogP contribution < -0.4 is 4.90 Å². The average molecular weight is 272 g/mol. The fraction of sp³-hybridized carbons (Fsp3) is 0.500. The lowest BCUT2D eigenvalue weighted by Gasteiger charge is -2.25. The fourth-order valence-electron chi connectivity index (χ4n) is 1.48. The van der Waals surface area contributed by atoms with Gasteiger partial charge in [-0.25, -0.2) is 0 Å². The molecule has 1 rings (SSSR count). The van der Waals surface area contributed by atoms with Gasteiger partial charge in [0.05, 0.1) is 6.10 Å². The highest BCUT2D eigenvalue weighted by Crippen LogP contribution is 2.15. The van der Waals surface area contributed by atoms with E-state index in [2.05, 4.69) is 58.9 Å². The molecule has 84 valence electrons. The number of aliphatic hydroxyl groups excluding tert-OH is 1. The Morgan fingerprint density at radius 3 is 2.40 bits per heavy atom. The smallest absolute Gasteiger partial charge is 0.0811 e. The standard InChI is InChI=1S/C12H18BrNO/c1-3-14(9-12(15)8-13)11-6-4-10(2)5-7-11/h4-7,12,15H,3,8-9H2,1-2H3. The van der Waals surface area contributed by atoms with E-state index in [4.69, 9.17) is 0 Å². The number of hydrogen-bond acceptors (Lipinski definition) is 2. The number of alkyl halides is 1. The van der Waals surface area contributed by atoms with Crippen molar-refractivity contribution in [3.05, 3.63) is 29.8 Å². The van der Waals surface area contributed by atoms with E-state index in [1.807, 2.05) is 0 Å². The molecule has 15 heavy (non-hydrogen) atoms. The van der Waals surface area contributed by atoms with Crippen molar-refractivity contribution in [3.63, 3.8) is 0 Å². The van der Waals surface area contributed by atoms with Crippen molar-refractivity contribution in [1.82, 2.24) is 0 Å². The molecule has 2 nitrogen and oxygen atoms in total. The molecule has 1 atom stereocenters. The molecule has 1 aromatic rings. The highest BCUT2D eigenvalue weighted by molar-refractivity contribution is 9.09. The Morgan fingerprint density at radius 1 is 1.33 bits per heavy atom. The van der Waals surface area contributed by atoms with Crippen molar-refractivity contribution in [2.45, 2.75) is 20.0 Å². The third-order valence-corrected chi connectivity index (χ3v) is 3.14. The summed E-state index contributed by atoms with van der Waals surface area (Å²) in [5.41, 5.74) is 2.43.